The third-order valence-corrected chi connectivity index (χ3v) is 9.58. The van der Waals surface area contributed by atoms with Gasteiger partial charge in [-0.05, 0) is 70.0 Å². The molecule has 2 amide bonds. The van der Waals surface area contributed by atoms with Crippen LogP contribution in [0.15, 0.2) is 29.2 Å². The van der Waals surface area contributed by atoms with Crippen LogP contribution >= 0.6 is 24.4 Å². The number of thiol groups is 1. The van der Waals surface area contributed by atoms with Crippen molar-refractivity contribution in [1.29, 1.82) is 0 Å². The summed E-state index contributed by atoms with van der Waals surface area (Å²) in [5.41, 5.74) is 18.1. The van der Waals surface area contributed by atoms with E-state index in [9.17, 15) is 14.4 Å². The Morgan fingerprint density at radius 3 is 2.41 bits per heavy atom. The highest BCUT2D eigenvalue weighted by Crippen LogP contribution is 2.45. The quantitative estimate of drug-likeness (QED) is 0.258. The molecule has 3 fully saturated rings. The first-order valence-corrected chi connectivity index (χ1v) is 14.4. The Labute approximate surface area is 231 Å². The van der Waals surface area contributed by atoms with E-state index in [1.165, 1.54) is 26.2 Å². The highest BCUT2D eigenvalue weighted by atomic mass is 32.2. The molecule has 2 aliphatic heterocycles. The Bertz CT molecular complexity index is 891. The number of para-hydroxylation sites is 1. The van der Waals surface area contributed by atoms with E-state index in [1.807, 2.05) is 24.3 Å². The fourth-order valence-electron chi connectivity index (χ4n) is 5.37. The number of carbonyl (C=O) groups is 3. The number of ketones is 1. The number of benzene rings is 1. The molecule has 2 heterocycles. The number of rotatable bonds is 7. The van der Waals surface area contributed by atoms with Gasteiger partial charge in [-0.2, -0.15) is 0 Å². The van der Waals surface area contributed by atoms with Crippen LogP contribution in [0.2, 0.25) is 0 Å². The summed E-state index contributed by atoms with van der Waals surface area (Å²) in [7, 11) is 0. The van der Waals surface area contributed by atoms with Gasteiger partial charge in [0.25, 0.3) is 0 Å². The molecule has 4 rings (SSSR count). The normalized spacial score (nSPS) is 26.3. The van der Waals surface area contributed by atoms with Crippen LogP contribution in [0.25, 0.3) is 0 Å². The number of Topliss-reactive ketones (excluding diaryl/α,β-unsaturated/α-hetero) is 1. The van der Waals surface area contributed by atoms with Crippen LogP contribution in [0.5, 0.6) is 0 Å². The number of carbonyl (C=O) groups excluding carboxylic acids is 3. The summed E-state index contributed by atoms with van der Waals surface area (Å²) in [5.74, 6) is 0.0890. The van der Waals surface area contributed by atoms with Crippen LogP contribution in [-0.2, 0) is 14.4 Å². The highest BCUT2D eigenvalue weighted by molar-refractivity contribution is 8.00. The highest BCUT2D eigenvalue weighted by Gasteiger charge is 2.50. The minimum atomic E-state index is -0.543. The molecule has 8 nitrogen and oxygen atoms in total. The van der Waals surface area contributed by atoms with Crippen molar-refractivity contribution < 1.29 is 14.4 Å². The van der Waals surface area contributed by atoms with Crippen LogP contribution in [0.4, 0.5) is 5.69 Å². The molecule has 0 bridgehead atoms. The number of hydrogen-bond acceptors (Lipinski definition) is 8. The predicted molar refractivity (Wildman–Crippen MR) is 155 cm³/mol. The third-order valence-electron chi connectivity index (χ3n) is 7.40. The maximum atomic E-state index is 13.1. The van der Waals surface area contributed by atoms with E-state index in [-0.39, 0.29) is 35.6 Å². The lowest BCUT2D eigenvalue weighted by molar-refractivity contribution is -0.141. The summed E-state index contributed by atoms with van der Waals surface area (Å²) >= 11 is 5.87. The van der Waals surface area contributed by atoms with Crippen molar-refractivity contribution in [3.05, 3.63) is 24.3 Å². The molecule has 37 heavy (non-hydrogen) atoms. The van der Waals surface area contributed by atoms with Gasteiger partial charge in [0.2, 0.25) is 11.8 Å². The number of amides is 2. The summed E-state index contributed by atoms with van der Waals surface area (Å²) in [6.07, 6.45) is 8.64. The van der Waals surface area contributed by atoms with Gasteiger partial charge in [0.05, 0.1) is 17.5 Å². The lowest BCUT2D eigenvalue weighted by atomic mass is 9.84. The first-order valence-electron chi connectivity index (χ1n) is 13.0. The van der Waals surface area contributed by atoms with Crippen molar-refractivity contribution in [2.45, 2.75) is 106 Å². The second kappa shape index (κ2) is 15.0. The molecule has 5 atom stereocenters. The van der Waals surface area contributed by atoms with E-state index >= 15 is 0 Å². The molecule has 5 unspecified atom stereocenters. The Morgan fingerprint density at radius 1 is 1.16 bits per heavy atom. The number of anilines is 1. The monoisotopic (exact) mass is 551 g/mol. The summed E-state index contributed by atoms with van der Waals surface area (Å²) in [5, 5.41) is 3.03. The average molecular weight is 552 g/mol. The van der Waals surface area contributed by atoms with Gasteiger partial charge in [-0.25, -0.2) is 0 Å². The molecule has 0 radical (unpaired) electrons. The summed E-state index contributed by atoms with van der Waals surface area (Å²) in [4.78, 5) is 40.4. The Kier molecular flexibility index (Phi) is 12.8. The lowest BCUT2D eigenvalue weighted by Gasteiger charge is -2.44. The van der Waals surface area contributed by atoms with E-state index in [1.54, 1.807) is 16.7 Å². The SMILES string of the molecule is C.CC(=O)C(CCCN)NC(=O)C1CCC2SC(C3CCCCC3)C(N)C(=O)N21.Nc1ccccc1S. The first kappa shape index (κ1) is 31.5. The summed E-state index contributed by atoms with van der Waals surface area (Å²) < 4.78 is 0. The fourth-order valence-corrected chi connectivity index (χ4v) is 7.32. The van der Waals surface area contributed by atoms with E-state index < -0.39 is 18.1 Å². The maximum absolute atomic E-state index is 13.1. The van der Waals surface area contributed by atoms with Gasteiger partial charge in [0.15, 0.2) is 5.78 Å². The molecule has 208 valence electrons. The van der Waals surface area contributed by atoms with Crippen molar-refractivity contribution in [3.63, 3.8) is 0 Å². The molecular weight excluding hydrogens is 506 g/mol. The molecule has 2 saturated heterocycles. The predicted octanol–water partition coefficient (Wildman–Crippen LogP) is 3.33. The number of nitrogen functional groups attached to an aromatic ring is 1. The third kappa shape index (κ3) is 8.12. The van der Waals surface area contributed by atoms with E-state index in [0.29, 0.717) is 31.7 Å². The van der Waals surface area contributed by atoms with Crippen molar-refractivity contribution in [1.82, 2.24) is 10.2 Å². The fraction of sp³-hybridized carbons (Fsp3) is 0.667. The minimum Gasteiger partial charge on any atom is -0.398 e. The Balaban J connectivity index is 0.000000457. The Morgan fingerprint density at radius 2 is 1.84 bits per heavy atom. The van der Waals surface area contributed by atoms with Gasteiger partial charge < -0.3 is 27.4 Å². The van der Waals surface area contributed by atoms with Gasteiger partial charge >= 0.3 is 0 Å². The maximum Gasteiger partial charge on any atom is 0.243 e. The first-order chi connectivity index (χ1) is 17.2. The molecular formula is C27H45N5O3S2. The van der Waals surface area contributed by atoms with E-state index in [4.69, 9.17) is 17.2 Å². The van der Waals surface area contributed by atoms with E-state index in [2.05, 4.69) is 17.9 Å². The largest absolute Gasteiger partial charge is 0.398 e. The summed E-state index contributed by atoms with van der Waals surface area (Å²) in [6.45, 7) is 1.95. The molecule has 3 aliphatic rings. The van der Waals surface area contributed by atoms with Gasteiger partial charge in [-0.3, -0.25) is 14.4 Å². The number of nitrogens with zero attached hydrogens (tertiary/aromatic N) is 1. The van der Waals surface area contributed by atoms with Crippen LogP contribution in [-0.4, -0.2) is 57.8 Å². The number of thioether (sulfide) groups is 1. The molecule has 1 aromatic carbocycles. The second-order valence-electron chi connectivity index (χ2n) is 9.98. The van der Waals surface area contributed by atoms with Crippen LogP contribution in [0, 0.1) is 5.92 Å². The number of hydrogen-bond donors (Lipinski definition) is 5. The van der Waals surface area contributed by atoms with E-state index in [0.717, 1.165) is 29.8 Å². The van der Waals surface area contributed by atoms with Crippen LogP contribution < -0.4 is 22.5 Å². The molecule has 1 saturated carbocycles. The zero-order valence-electron chi connectivity index (χ0n) is 21.1. The topological polar surface area (TPSA) is 145 Å². The Hall–Kier alpha value is -1.75. The molecule has 1 aliphatic carbocycles. The summed E-state index contributed by atoms with van der Waals surface area (Å²) in [6, 6.07) is 5.86. The van der Waals surface area contributed by atoms with Crippen molar-refractivity contribution in [2.75, 3.05) is 12.3 Å². The van der Waals surface area contributed by atoms with Gasteiger partial charge in [0, 0.05) is 15.8 Å². The molecule has 1 aromatic rings. The molecule has 10 heteroatoms. The number of fused-ring (bicyclic) bond motifs is 1. The zero-order chi connectivity index (χ0) is 26.2. The zero-order valence-corrected chi connectivity index (χ0v) is 22.8. The average Bonchev–Trinajstić information content (AvgIpc) is 3.31. The second-order valence-corrected chi connectivity index (χ2v) is 11.8. The van der Waals surface area contributed by atoms with Gasteiger partial charge in [-0.15, -0.1) is 24.4 Å². The van der Waals surface area contributed by atoms with Crippen molar-refractivity contribution in [2.24, 2.45) is 17.4 Å². The minimum absolute atomic E-state index is 0. The molecule has 7 N–H and O–H groups in total. The van der Waals surface area contributed by atoms with Crippen LogP contribution in [0.3, 0.4) is 0 Å². The molecule has 0 spiro atoms. The number of nitrogens with two attached hydrogens (primary N) is 3. The standard InChI is InChI=1S/C20H34N4O3S.C6H7NS.CH4/c1-12(25)14(8-5-11-21)23-19(26)15-9-10-16-24(15)20(27)17(22)18(28-16)13-6-3-2-4-7-13;7-5-3-1-2-4-6(5)8;/h13-18H,2-11,21-22H2,1H3,(H,23,26);1-4,8H,7H2;1H4. The molecule has 0 aromatic heterocycles. The smallest absolute Gasteiger partial charge is 0.243 e. The lowest BCUT2D eigenvalue weighted by Crippen LogP contribution is -2.61. The van der Waals surface area contributed by atoms with Crippen molar-refractivity contribution >= 4 is 47.7 Å². The van der Waals surface area contributed by atoms with Crippen molar-refractivity contribution in [3.8, 4) is 0 Å². The van der Waals surface area contributed by atoms with Crippen LogP contribution in [0.1, 0.15) is 72.1 Å². The van der Waals surface area contributed by atoms with Gasteiger partial charge in [-0.1, -0.05) is 38.8 Å². The van der Waals surface area contributed by atoms with Gasteiger partial charge in [0.1, 0.15) is 6.04 Å². The number of nitrogens with one attached hydrogen (secondary N) is 1.